The first-order valence-corrected chi connectivity index (χ1v) is 11.1. The molecule has 2 aliphatic rings. The van der Waals surface area contributed by atoms with E-state index in [1.54, 1.807) is 0 Å². The minimum atomic E-state index is -0.790. The van der Waals surface area contributed by atoms with Crippen molar-refractivity contribution in [3.8, 4) is 5.69 Å². The van der Waals surface area contributed by atoms with Gasteiger partial charge in [0.25, 0.3) is 0 Å². The molecule has 0 radical (unpaired) electrons. The molecule has 1 aromatic heterocycles. The second-order valence-corrected chi connectivity index (χ2v) is 8.60. The van der Waals surface area contributed by atoms with Crippen molar-refractivity contribution in [3.05, 3.63) is 84.2 Å². The monoisotopic (exact) mass is 402 g/mol. The van der Waals surface area contributed by atoms with Crippen molar-refractivity contribution in [2.45, 2.75) is 37.5 Å². The normalized spacial score (nSPS) is 25.6. The Labute approximate surface area is 178 Å². The van der Waals surface area contributed by atoms with E-state index in [9.17, 15) is 5.11 Å². The quantitative estimate of drug-likeness (QED) is 0.710. The Balaban J connectivity index is 1.39. The van der Waals surface area contributed by atoms with Gasteiger partial charge in [0.15, 0.2) is 0 Å². The van der Waals surface area contributed by atoms with Gasteiger partial charge in [0, 0.05) is 25.8 Å². The number of para-hydroxylation sites is 1. The molecular formula is C25H30N4O. The summed E-state index contributed by atoms with van der Waals surface area (Å²) in [5.41, 5.74) is 2.54. The van der Waals surface area contributed by atoms with E-state index in [-0.39, 0.29) is 6.04 Å². The smallest absolute Gasteiger partial charge is 0.108 e. The molecule has 0 unspecified atom stereocenters. The molecule has 2 atom stereocenters. The van der Waals surface area contributed by atoms with Gasteiger partial charge in [-0.15, -0.1) is 0 Å². The molecule has 3 aromatic rings. The fraction of sp³-hybridized carbons (Fsp3) is 0.400. The molecular weight excluding hydrogens is 372 g/mol. The van der Waals surface area contributed by atoms with E-state index < -0.39 is 5.60 Å². The molecule has 5 rings (SSSR count). The van der Waals surface area contributed by atoms with Crippen LogP contribution >= 0.6 is 0 Å². The first kappa shape index (κ1) is 19.5. The summed E-state index contributed by atoms with van der Waals surface area (Å²) in [5.74, 6) is 0. The lowest BCUT2D eigenvalue weighted by Gasteiger charge is -2.48. The maximum absolute atomic E-state index is 11.9. The third kappa shape index (κ3) is 3.69. The maximum atomic E-state index is 11.9. The topological polar surface area (TPSA) is 44.5 Å². The molecule has 2 fully saturated rings. The highest BCUT2D eigenvalue weighted by molar-refractivity contribution is 5.32. The van der Waals surface area contributed by atoms with E-state index in [2.05, 4.69) is 45.2 Å². The van der Waals surface area contributed by atoms with Crippen molar-refractivity contribution in [2.75, 3.05) is 26.2 Å². The average Bonchev–Trinajstić information content (AvgIpc) is 3.49. The van der Waals surface area contributed by atoms with Crippen LogP contribution in [-0.4, -0.2) is 56.9 Å². The number of rotatable bonds is 5. The lowest BCUT2D eigenvalue weighted by atomic mass is 9.79. The maximum Gasteiger partial charge on any atom is 0.108 e. The minimum absolute atomic E-state index is 0.115. The molecule has 0 spiro atoms. The molecule has 3 heterocycles. The van der Waals surface area contributed by atoms with Gasteiger partial charge in [-0.1, -0.05) is 48.5 Å². The van der Waals surface area contributed by atoms with Crippen molar-refractivity contribution in [3.63, 3.8) is 0 Å². The minimum Gasteiger partial charge on any atom is -0.383 e. The Kier molecular flexibility index (Phi) is 5.42. The molecule has 0 aliphatic carbocycles. The summed E-state index contributed by atoms with van der Waals surface area (Å²) in [4.78, 5) is 4.99. The summed E-state index contributed by atoms with van der Waals surface area (Å²) in [5, 5.41) is 16.4. The van der Waals surface area contributed by atoms with Crippen LogP contribution in [0, 0.1) is 0 Å². The summed E-state index contributed by atoms with van der Waals surface area (Å²) in [6.45, 7) is 4.73. The van der Waals surface area contributed by atoms with Crippen molar-refractivity contribution in [1.29, 1.82) is 0 Å². The molecule has 2 saturated heterocycles. The number of hydrogen-bond acceptors (Lipinski definition) is 4. The average molecular weight is 403 g/mol. The van der Waals surface area contributed by atoms with E-state index in [4.69, 9.17) is 0 Å². The number of piperidine rings is 1. The van der Waals surface area contributed by atoms with E-state index in [0.29, 0.717) is 0 Å². The van der Waals surface area contributed by atoms with Gasteiger partial charge in [0.05, 0.1) is 17.4 Å². The van der Waals surface area contributed by atoms with E-state index in [1.807, 2.05) is 47.3 Å². The van der Waals surface area contributed by atoms with Crippen LogP contribution in [0.1, 0.15) is 30.5 Å². The van der Waals surface area contributed by atoms with Crippen molar-refractivity contribution < 1.29 is 5.11 Å². The van der Waals surface area contributed by atoms with Crippen LogP contribution in [0.4, 0.5) is 0 Å². The first-order valence-electron chi connectivity index (χ1n) is 11.1. The number of nitrogens with zero attached hydrogens (tertiary/aromatic N) is 4. The largest absolute Gasteiger partial charge is 0.383 e. The van der Waals surface area contributed by atoms with Crippen molar-refractivity contribution in [1.82, 2.24) is 19.6 Å². The third-order valence-electron chi connectivity index (χ3n) is 6.75. The second-order valence-electron chi connectivity index (χ2n) is 8.60. The van der Waals surface area contributed by atoms with Gasteiger partial charge < -0.3 is 5.11 Å². The van der Waals surface area contributed by atoms with Gasteiger partial charge in [-0.05, 0) is 56.1 Å². The highest BCUT2D eigenvalue weighted by Crippen LogP contribution is 2.37. The molecule has 2 aromatic carbocycles. The summed E-state index contributed by atoms with van der Waals surface area (Å²) in [6, 6.07) is 22.8. The van der Waals surface area contributed by atoms with Gasteiger partial charge in [-0.25, -0.2) is 4.68 Å². The zero-order valence-electron chi connectivity index (χ0n) is 17.4. The first-order chi connectivity index (χ1) is 14.7. The van der Waals surface area contributed by atoms with Gasteiger partial charge >= 0.3 is 0 Å². The SMILES string of the molecule is O[C@]1(c2ccccc2)CCN(Cc2ccnn2-c2ccccc2)C[C@H]1N1CCCC1. The van der Waals surface area contributed by atoms with Crippen LogP contribution in [0.2, 0.25) is 0 Å². The number of aliphatic hydroxyl groups is 1. The lowest BCUT2D eigenvalue weighted by molar-refractivity contribution is -0.0961. The molecule has 1 N–H and O–H groups in total. The zero-order chi connectivity index (χ0) is 20.4. The van der Waals surface area contributed by atoms with Crippen LogP contribution in [0.5, 0.6) is 0 Å². The molecule has 30 heavy (non-hydrogen) atoms. The van der Waals surface area contributed by atoms with Crippen molar-refractivity contribution >= 4 is 0 Å². The van der Waals surface area contributed by atoms with E-state index in [0.717, 1.165) is 50.4 Å². The molecule has 5 nitrogen and oxygen atoms in total. The fourth-order valence-corrected chi connectivity index (χ4v) is 5.14. The van der Waals surface area contributed by atoms with E-state index in [1.165, 1.54) is 18.5 Å². The third-order valence-corrected chi connectivity index (χ3v) is 6.75. The van der Waals surface area contributed by atoms with Gasteiger partial charge in [-0.2, -0.15) is 5.10 Å². The summed E-state index contributed by atoms with van der Waals surface area (Å²) >= 11 is 0. The predicted molar refractivity (Wildman–Crippen MR) is 118 cm³/mol. The van der Waals surface area contributed by atoms with Crippen LogP contribution in [0.25, 0.3) is 5.69 Å². The highest BCUT2D eigenvalue weighted by Gasteiger charge is 2.46. The highest BCUT2D eigenvalue weighted by atomic mass is 16.3. The molecule has 0 saturated carbocycles. The fourth-order valence-electron chi connectivity index (χ4n) is 5.14. The molecule has 5 heteroatoms. The molecule has 0 amide bonds. The van der Waals surface area contributed by atoms with Gasteiger partial charge in [0.2, 0.25) is 0 Å². The molecule has 156 valence electrons. The standard InChI is InChI=1S/C25H30N4O/c30-25(21-9-3-1-4-10-21)14-18-27(20-24(25)28-16-7-8-17-28)19-23-13-15-26-29(23)22-11-5-2-6-12-22/h1-6,9-13,15,24,30H,7-8,14,16-20H2/t24-,25+/m1/s1. The Morgan fingerprint density at radius 2 is 1.60 bits per heavy atom. The van der Waals surface area contributed by atoms with Gasteiger partial charge in [-0.3, -0.25) is 9.80 Å². The molecule has 2 aliphatic heterocycles. The van der Waals surface area contributed by atoms with Crippen LogP contribution in [0.3, 0.4) is 0 Å². The summed E-state index contributed by atoms with van der Waals surface area (Å²) < 4.78 is 2.03. The second kappa shape index (κ2) is 8.34. The number of likely N-dealkylation sites (tertiary alicyclic amines) is 2. The molecule has 0 bridgehead atoms. The summed E-state index contributed by atoms with van der Waals surface area (Å²) in [6.07, 6.45) is 5.08. The summed E-state index contributed by atoms with van der Waals surface area (Å²) in [7, 11) is 0. The Morgan fingerprint density at radius 3 is 2.33 bits per heavy atom. The lowest BCUT2D eigenvalue weighted by Crippen LogP contribution is -2.60. The zero-order valence-corrected chi connectivity index (χ0v) is 17.4. The van der Waals surface area contributed by atoms with E-state index >= 15 is 0 Å². The number of aromatic nitrogens is 2. The Morgan fingerprint density at radius 1 is 0.900 bits per heavy atom. The number of hydrogen-bond donors (Lipinski definition) is 1. The van der Waals surface area contributed by atoms with Crippen LogP contribution in [0.15, 0.2) is 72.9 Å². The number of benzene rings is 2. The van der Waals surface area contributed by atoms with Crippen molar-refractivity contribution in [2.24, 2.45) is 0 Å². The predicted octanol–water partition coefficient (Wildman–Crippen LogP) is 3.43. The van der Waals surface area contributed by atoms with Gasteiger partial charge in [0.1, 0.15) is 5.60 Å². The van der Waals surface area contributed by atoms with Crippen LogP contribution < -0.4 is 0 Å². The van der Waals surface area contributed by atoms with Crippen LogP contribution in [-0.2, 0) is 12.1 Å². The Bertz CT molecular complexity index is 952. The Hall–Kier alpha value is -2.47.